The molecule has 3 rings (SSSR count). The number of aliphatic hydroxyl groups is 1. The van der Waals surface area contributed by atoms with Crippen molar-refractivity contribution in [3.05, 3.63) is 76.8 Å². The molecule has 0 spiro atoms. The van der Waals surface area contributed by atoms with E-state index < -0.39 is 12.1 Å². The van der Waals surface area contributed by atoms with Gasteiger partial charge in [-0.05, 0) is 29.7 Å². The van der Waals surface area contributed by atoms with Crippen molar-refractivity contribution in [1.29, 1.82) is 0 Å². The van der Waals surface area contributed by atoms with Crippen LogP contribution in [0.15, 0.2) is 60.0 Å². The van der Waals surface area contributed by atoms with Gasteiger partial charge in [0, 0.05) is 18.5 Å². The van der Waals surface area contributed by atoms with Gasteiger partial charge in [-0.25, -0.2) is 4.98 Å². The van der Waals surface area contributed by atoms with E-state index >= 15 is 0 Å². The highest BCUT2D eigenvalue weighted by Gasteiger charge is 2.23. The normalized spacial score (nSPS) is 12.9. The van der Waals surface area contributed by atoms with Crippen molar-refractivity contribution in [3.8, 4) is 5.75 Å². The Hall–Kier alpha value is -2.94. The van der Waals surface area contributed by atoms with E-state index in [0.717, 1.165) is 16.9 Å². The highest BCUT2D eigenvalue weighted by molar-refractivity contribution is 7.13. The van der Waals surface area contributed by atoms with Crippen LogP contribution in [0.1, 0.15) is 21.6 Å². The minimum atomic E-state index is -0.796. The Kier molecular flexibility index (Phi) is 7.78. The van der Waals surface area contributed by atoms with E-state index in [2.05, 4.69) is 15.6 Å². The lowest BCUT2D eigenvalue weighted by atomic mass is 10.0. The number of thiazole rings is 1. The van der Waals surface area contributed by atoms with E-state index in [1.165, 1.54) is 11.3 Å². The molecule has 7 nitrogen and oxygen atoms in total. The number of hydrogen-bond donors (Lipinski definition) is 4. The Bertz CT molecular complexity index is 948. The molecule has 2 aromatic carbocycles. The standard InChI is InChI=1S/C22H26N4O3S/c1-29-17-9-5-8-16(10-17)12-24-13-20(27)18(11-15-6-3-2-4-7-15)25-21(28)19-14-30-22(23)26-19/h2-10,14,18,20,24,27H,11-13H2,1H3,(H2,23,26)(H,25,28). The fraction of sp³-hybridized carbons (Fsp3) is 0.273. The highest BCUT2D eigenvalue weighted by Crippen LogP contribution is 2.14. The lowest BCUT2D eigenvalue weighted by molar-refractivity contribution is 0.0826. The zero-order chi connectivity index (χ0) is 21.3. The third-order valence-electron chi connectivity index (χ3n) is 4.65. The van der Waals surface area contributed by atoms with Gasteiger partial charge in [0.1, 0.15) is 11.4 Å². The third-order valence-corrected chi connectivity index (χ3v) is 5.32. The fourth-order valence-electron chi connectivity index (χ4n) is 3.07. The largest absolute Gasteiger partial charge is 0.497 e. The summed E-state index contributed by atoms with van der Waals surface area (Å²) in [5, 5.41) is 18.9. The number of amides is 1. The molecule has 0 aliphatic carbocycles. The molecule has 5 N–H and O–H groups in total. The Labute approximate surface area is 179 Å². The number of rotatable bonds is 10. The molecule has 1 heterocycles. The minimum absolute atomic E-state index is 0.257. The maximum Gasteiger partial charge on any atom is 0.271 e. The van der Waals surface area contributed by atoms with Gasteiger partial charge < -0.3 is 26.2 Å². The quantitative estimate of drug-likeness (QED) is 0.396. The van der Waals surface area contributed by atoms with Crippen LogP contribution in [0, 0.1) is 0 Å². The van der Waals surface area contributed by atoms with Crippen molar-refractivity contribution in [2.24, 2.45) is 0 Å². The van der Waals surface area contributed by atoms with Gasteiger partial charge in [-0.1, -0.05) is 42.5 Å². The van der Waals surface area contributed by atoms with E-state index in [1.54, 1.807) is 12.5 Å². The molecule has 0 saturated carbocycles. The number of carbonyl (C=O) groups is 1. The van der Waals surface area contributed by atoms with Gasteiger partial charge in [-0.15, -0.1) is 11.3 Å². The monoisotopic (exact) mass is 426 g/mol. The van der Waals surface area contributed by atoms with Crippen molar-refractivity contribution in [2.75, 3.05) is 19.4 Å². The second kappa shape index (κ2) is 10.7. The molecule has 158 valence electrons. The number of benzene rings is 2. The number of nitrogen functional groups attached to an aromatic ring is 1. The van der Waals surface area contributed by atoms with E-state index in [4.69, 9.17) is 10.5 Å². The summed E-state index contributed by atoms with van der Waals surface area (Å²) in [6.45, 7) is 0.886. The molecule has 1 aromatic heterocycles. The van der Waals surface area contributed by atoms with Gasteiger partial charge in [0.2, 0.25) is 0 Å². The number of anilines is 1. The first-order valence-corrected chi connectivity index (χ1v) is 10.5. The maximum absolute atomic E-state index is 12.6. The van der Waals surface area contributed by atoms with Crippen LogP contribution in [0.2, 0.25) is 0 Å². The van der Waals surface area contributed by atoms with E-state index in [-0.39, 0.29) is 11.6 Å². The molecule has 0 aliphatic heterocycles. The van der Waals surface area contributed by atoms with Gasteiger partial charge in [0.05, 0.1) is 19.3 Å². The van der Waals surface area contributed by atoms with Crippen molar-refractivity contribution in [2.45, 2.75) is 25.1 Å². The zero-order valence-corrected chi connectivity index (χ0v) is 17.6. The number of methoxy groups -OCH3 is 1. The van der Waals surface area contributed by atoms with E-state index in [9.17, 15) is 9.90 Å². The zero-order valence-electron chi connectivity index (χ0n) is 16.7. The Balaban J connectivity index is 1.62. The van der Waals surface area contributed by atoms with Crippen LogP contribution >= 0.6 is 11.3 Å². The Morgan fingerprint density at radius 1 is 1.20 bits per heavy atom. The first-order valence-electron chi connectivity index (χ1n) is 9.62. The fourth-order valence-corrected chi connectivity index (χ4v) is 3.62. The van der Waals surface area contributed by atoms with Gasteiger partial charge in [-0.3, -0.25) is 4.79 Å². The third kappa shape index (κ3) is 6.28. The summed E-state index contributed by atoms with van der Waals surface area (Å²) in [6, 6.07) is 17.0. The number of nitrogens with zero attached hydrogens (tertiary/aromatic N) is 1. The van der Waals surface area contributed by atoms with Crippen LogP contribution in [0.3, 0.4) is 0 Å². The predicted molar refractivity (Wildman–Crippen MR) is 119 cm³/mol. The number of aliphatic hydroxyl groups excluding tert-OH is 1. The average Bonchev–Trinajstić information content (AvgIpc) is 3.20. The molecule has 30 heavy (non-hydrogen) atoms. The van der Waals surface area contributed by atoms with Crippen LogP contribution in [0.5, 0.6) is 5.75 Å². The number of ether oxygens (including phenoxy) is 1. The van der Waals surface area contributed by atoms with Crippen molar-refractivity contribution in [1.82, 2.24) is 15.6 Å². The first-order chi connectivity index (χ1) is 14.5. The number of hydrogen-bond acceptors (Lipinski definition) is 7. The average molecular weight is 427 g/mol. The van der Waals surface area contributed by atoms with Crippen LogP contribution < -0.4 is 21.1 Å². The van der Waals surface area contributed by atoms with Crippen LogP contribution in [0.4, 0.5) is 5.13 Å². The predicted octanol–water partition coefficient (Wildman–Crippen LogP) is 2.23. The van der Waals surface area contributed by atoms with E-state index in [0.29, 0.717) is 24.6 Å². The molecule has 2 unspecified atom stereocenters. The summed E-state index contributed by atoms with van der Waals surface area (Å²) in [6.07, 6.45) is -0.301. The smallest absolute Gasteiger partial charge is 0.271 e. The van der Waals surface area contributed by atoms with Crippen LogP contribution in [0.25, 0.3) is 0 Å². The summed E-state index contributed by atoms with van der Waals surface area (Å²) < 4.78 is 5.24. The summed E-state index contributed by atoms with van der Waals surface area (Å²) >= 11 is 1.21. The molecular weight excluding hydrogens is 400 g/mol. The lowest BCUT2D eigenvalue weighted by Gasteiger charge is -2.24. The summed E-state index contributed by atoms with van der Waals surface area (Å²) in [5.74, 6) is 0.433. The van der Waals surface area contributed by atoms with Crippen LogP contribution in [-0.2, 0) is 13.0 Å². The number of aromatic nitrogens is 1. The lowest BCUT2D eigenvalue weighted by Crippen LogP contribution is -2.48. The maximum atomic E-state index is 12.6. The topological polar surface area (TPSA) is 110 Å². The number of nitrogens with two attached hydrogens (primary N) is 1. The first kappa shape index (κ1) is 21.8. The van der Waals surface area contributed by atoms with Gasteiger partial charge in [0.25, 0.3) is 5.91 Å². The minimum Gasteiger partial charge on any atom is -0.497 e. The van der Waals surface area contributed by atoms with Crippen LogP contribution in [-0.4, -0.2) is 41.8 Å². The molecule has 0 bridgehead atoms. The molecule has 0 aliphatic rings. The highest BCUT2D eigenvalue weighted by atomic mass is 32.1. The molecule has 2 atom stereocenters. The van der Waals surface area contributed by atoms with Gasteiger partial charge >= 0.3 is 0 Å². The Morgan fingerprint density at radius 2 is 1.97 bits per heavy atom. The SMILES string of the molecule is COc1cccc(CNCC(O)C(Cc2ccccc2)NC(=O)c2csc(N)n2)c1. The Morgan fingerprint density at radius 3 is 2.67 bits per heavy atom. The number of nitrogens with one attached hydrogen (secondary N) is 2. The summed E-state index contributed by atoms with van der Waals surface area (Å²) in [4.78, 5) is 16.6. The summed E-state index contributed by atoms with van der Waals surface area (Å²) in [5.41, 5.74) is 7.95. The van der Waals surface area contributed by atoms with Gasteiger partial charge in [-0.2, -0.15) is 0 Å². The molecule has 3 aromatic rings. The second-order valence-corrected chi connectivity index (χ2v) is 7.78. The molecular formula is C22H26N4O3S. The van der Waals surface area contributed by atoms with Gasteiger partial charge in [0.15, 0.2) is 5.13 Å². The molecule has 0 fully saturated rings. The van der Waals surface area contributed by atoms with Crippen molar-refractivity contribution < 1.29 is 14.6 Å². The van der Waals surface area contributed by atoms with Crippen molar-refractivity contribution >= 4 is 22.4 Å². The molecule has 0 saturated heterocycles. The summed E-state index contributed by atoms with van der Waals surface area (Å²) in [7, 11) is 1.63. The molecule has 8 heteroatoms. The number of carbonyl (C=O) groups excluding carboxylic acids is 1. The molecule has 1 amide bonds. The van der Waals surface area contributed by atoms with E-state index in [1.807, 2.05) is 54.6 Å². The second-order valence-electron chi connectivity index (χ2n) is 6.89. The van der Waals surface area contributed by atoms with Crippen molar-refractivity contribution in [3.63, 3.8) is 0 Å². The molecule has 0 radical (unpaired) electrons.